The van der Waals surface area contributed by atoms with Crippen LogP contribution in [0.2, 0.25) is 0 Å². The van der Waals surface area contributed by atoms with Crippen LogP contribution in [0.5, 0.6) is 0 Å². The van der Waals surface area contributed by atoms with Crippen molar-refractivity contribution in [1.29, 1.82) is 5.41 Å². The van der Waals surface area contributed by atoms with Gasteiger partial charge >= 0.3 is 0 Å². The van der Waals surface area contributed by atoms with Crippen molar-refractivity contribution < 1.29 is 4.79 Å². The van der Waals surface area contributed by atoms with Crippen LogP contribution in [-0.2, 0) is 4.79 Å². The van der Waals surface area contributed by atoms with Gasteiger partial charge in [0.1, 0.15) is 17.3 Å². The monoisotopic (exact) mass is 393 g/mol. The minimum absolute atomic E-state index is 0.0948. The zero-order chi connectivity index (χ0) is 20.8. The summed E-state index contributed by atoms with van der Waals surface area (Å²) in [7, 11) is 0. The molecule has 1 fully saturated rings. The van der Waals surface area contributed by atoms with Gasteiger partial charge in [0, 0.05) is 45.5 Å². The summed E-state index contributed by atoms with van der Waals surface area (Å²) in [6, 6.07) is 1.86. The fraction of sp³-hybridized carbons (Fsp3) is 0.263. The van der Waals surface area contributed by atoms with Gasteiger partial charge < -0.3 is 25.9 Å². The van der Waals surface area contributed by atoms with E-state index >= 15 is 0 Å². The molecule has 2 aromatic rings. The largest absolute Gasteiger partial charge is 0.397 e. The summed E-state index contributed by atoms with van der Waals surface area (Å²) in [6.45, 7) is 8.14. The number of hydrogen-bond donors (Lipinski definition) is 3. The lowest BCUT2D eigenvalue weighted by Crippen LogP contribution is -2.48. The molecule has 0 saturated carbocycles. The quantitative estimate of drug-likeness (QED) is 0.493. The number of allylic oxidation sites excluding steroid dienone is 1. The highest BCUT2D eigenvalue weighted by Gasteiger charge is 2.20. The average Bonchev–Trinajstić information content (AvgIpc) is 3.21. The Morgan fingerprint density at radius 1 is 1.34 bits per heavy atom. The van der Waals surface area contributed by atoms with E-state index in [1.165, 1.54) is 12.3 Å². The zero-order valence-electron chi connectivity index (χ0n) is 16.2. The Labute approximate surface area is 168 Å². The van der Waals surface area contributed by atoms with E-state index in [-0.39, 0.29) is 5.91 Å². The Balaban J connectivity index is 1.70. The third-order valence-electron chi connectivity index (χ3n) is 4.47. The maximum absolute atomic E-state index is 11.5. The number of anilines is 1. The summed E-state index contributed by atoms with van der Waals surface area (Å²) in [5.74, 6) is 1.93. The van der Waals surface area contributed by atoms with Gasteiger partial charge in [0.2, 0.25) is 5.91 Å². The Bertz CT molecular complexity index is 968. The molecule has 3 heterocycles. The van der Waals surface area contributed by atoms with Crippen molar-refractivity contribution in [3.05, 3.63) is 48.3 Å². The number of nitrogens with zero attached hydrogens (tertiary/aromatic N) is 6. The van der Waals surface area contributed by atoms with Gasteiger partial charge in [-0.25, -0.2) is 15.0 Å². The molecule has 1 saturated heterocycles. The van der Waals surface area contributed by atoms with Crippen molar-refractivity contribution in [3.8, 4) is 11.5 Å². The van der Waals surface area contributed by atoms with E-state index in [4.69, 9.17) is 11.1 Å². The van der Waals surface area contributed by atoms with Crippen molar-refractivity contribution in [2.24, 2.45) is 10.7 Å². The van der Waals surface area contributed by atoms with Crippen LogP contribution >= 0.6 is 0 Å². The van der Waals surface area contributed by atoms with Crippen LogP contribution in [0.1, 0.15) is 12.7 Å². The van der Waals surface area contributed by atoms with Gasteiger partial charge in [0.05, 0.1) is 23.8 Å². The van der Waals surface area contributed by atoms with Crippen LogP contribution in [-0.4, -0.2) is 69.4 Å². The average molecular weight is 393 g/mol. The molecule has 10 nitrogen and oxygen atoms in total. The van der Waals surface area contributed by atoms with E-state index in [0.717, 1.165) is 25.1 Å². The molecule has 0 aromatic carbocycles. The lowest BCUT2D eigenvalue weighted by molar-refractivity contribution is -0.129. The van der Waals surface area contributed by atoms with Crippen LogP contribution in [0.15, 0.2) is 47.5 Å². The highest BCUT2D eigenvalue weighted by Crippen LogP contribution is 2.18. The van der Waals surface area contributed by atoms with Crippen LogP contribution in [0.25, 0.3) is 11.5 Å². The van der Waals surface area contributed by atoms with E-state index < -0.39 is 0 Å². The first kappa shape index (κ1) is 19.9. The molecule has 0 aliphatic carbocycles. The SMILES string of the molecule is C=C(N=Cc1ncc(-c2nccc(N3CCN(C(C)=O)CC3)n2)[nH]1)/C(N)=C/C=N. The number of imidazole rings is 1. The summed E-state index contributed by atoms with van der Waals surface area (Å²) in [5.41, 5.74) is 7.03. The maximum atomic E-state index is 11.5. The van der Waals surface area contributed by atoms with E-state index in [2.05, 4.69) is 36.4 Å². The third kappa shape index (κ3) is 4.92. The number of nitrogens with two attached hydrogens (primary N) is 1. The number of H-pyrrole nitrogens is 1. The summed E-state index contributed by atoms with van der Waals surface area (Å²) in [6.07, 6.45) is 7.32. The molecule has 29 heavy (non-hydrogen) atoms. The second-order valence-corrected chi connectivity index (χ2v) is 6.41. The number of piperazine rings is 1. The molecular formula is C19H23N9O. The van der Waals surface area contributed by atoms with Gasteiger partial charge in [0.15, 0.2) is 5.82 Å². The number of carbonyl (C=O) groups excluding carboxylic acids is 1. The normalized spacial score (nSPS) is 15.0. The summed E-state index contributed by atoms with van der Waals surface area (Å²) < 4.78 is 0. The van der Waals surface area contributed by atoms with E-state index in [1.807, 2.05) is 11.0 Å². The second-order valence-electron chi connectivity index (χ2n) is 6.41. The number of carbonyl (C=O) groups is 1. The predicted octanol–water partition coefficient (Wildman–Crippen LogP) is 0.960. The molecular weight excluding hydrogens is 370 g/mol. The van der Waals surface area contributed by atoms with Crippen molar-refractivity contribution in [3.63, 3.8) is 0 Å². The van der Waals surface area contributed by atoms with Gasteiger partial charge in [0.25, 0.3) is 0 Å². The molecule has 150 valence electrons. The number of aromatic nitrogens is 4. The number of aliphatic imine (C=N–C) groups is 1. The molecule has 10 heteroatoms. The molecule has 0 atom stereocenters. The highest BCUT2D eigenvalue weighted by molar-refractivity contribution is 5.78. The third-order valence-corrected chi connectivity index (χ3v) is 4.47. The Kier molecular flexibility index (Phi) is 6.12. The first-order chi connectivity index (χ1) is 14.0. The van der Waals surface area contributed by atoms with E-state index in [0.29, 0.717) is 41.8 Å². The Morgan fingerprint density at radius 2 is 2.10 bits per heavy atom. The molecule has 0 radical (unpaired) electrons. The van der Waals surface area contributed by atoms with Crippen molar-refractivity contribution in [2.75, 3.05) is 31.1 Å². The van der Waals surface area contributed by atoms with Crippen LogP contribution in [0.4, 0.5) is 5.82 Å². The lowest BCUT2D eigenvalue weighted by Gasteiger charge is -2.34. The lowest BCUT2D eigenvalue weighted by atomic mass is 10.3. The molecule has 0 unspecified atom stereocenters. The van der Waals surface area contributed by atoms with Gasteiger partial charge in [-0.05, 0) is 12.1 Å². The fourth-order valence-electron chi connectivity index (χ4n) is 2.82. The standard InChI is InChI=1S/C19H23N9O/c1-13(15(21)3-5-20)23-12-17-24-11-16(25-17)19-22-6-4-18(26-19)28-9-7-27(8-10-28)14(2)29/h3-6,11-12,20H,1,7-10,21H2,2H3,(H,24,25)/b15-3-,20-5?,23-12?. The van der Waals surface area contributed by atoms with Crippen molar-refractivity contribution in [2.45, 2.75) is 6.92 Å². The van der Waals surface area contributed by atoms with Crippen LogP contribution in [0.3, 0.4) is 0 Å². The number of aromatic amines is 1. The molecule has 1 aliphatic rings. The minimum Gasteiger partial charge on any atom is -0.397 e. The molecule has 1 amide bonds. The maximum Gasteiger partial charge on any atom is 0.219 e. The molecule has 1 aliphatic heterocycles. The van der Waals surface area contributed by atoms with Gasteiger partial charge in [-0.2, -0.15) is 0 Å². The van der Waals surface area contributed by atoms with Gasteiger partial charge in [-0.15, -0.1) is 0 Å². The summed E-state index contributed by atoms with van der Waals surface area (Å²) in [5, 5.41) is 7.01. The number of hydrogen-bond acceptors (Lipinski definition) is 8. The Hall–Kier alpha value is -3.82. The minimum atomic E-state index is 0.0948. The smallest absolute Gasteiger partial charge is 0.219 e. The number of nitrogens with one attached hydrogen (secondary N) is 2. The second kappa shape index (κ2) is 8.91. The van der Waals surface area contributed by atoms with Crippen LogP contribution < -0.4 is 10.6 Å². The molecule has 2 aromatic heterocycles. The van der Waals surface area contributed by atoms with Gasteiger partial charge in [-0.1, -0.05) is 6.58 Å². The molecule has 0 bridgehead atoms. The summed E-state index contributed by atoms with van der Waals surface area (Å²) in [4.78, 5) is 35.9. The highest BCUT2D eigenvalue weighted by atomic mass is 16.2. The first-order valence-electron chi connectivity index (χ1n) is 9.06. The predicted molar refractivity (Wildman–Crippen MR) is 112 cm³/mol. The number of rotatable bonds is 6. The van der Waals surface area contributed by atoms with Crippen molar-refractivity contribution in [1.82, 2.24) is 24.8 Å². The summed E-state index contributed by atoms with van der Waals surface area (Å²) >= 11 is 0. The number of amides is 1. The van der Waals surface area contributed by atoms with E-state index in [1.54, 1.807) is 19.3 Å². The zero-order valence-corrected chi connectivity index (χ0v) is 16.2. The topological polar surface area (TPSA) is 140 Å². The molecule has 0 spiro atoms. The van der Waals surface area contributed by atoms with Crippen LogP contribution in [0, 0.1) is 5.41 Å². The van der Waals surface area contributed by atoms with E-state index in [9.17, 15) is 4.79 Å². The van der Waals surface area contributed by atoms with Gasteiger partial charge in [-0.3, -0.25) is 9.79 Å². The Morgan fingerprint density at radius 3 is 2.79 bits per heavy atom. The fourth-order valence-corrected chi connectivity index (χ4v) is 2.82. The first-order valence-corrected chi connectivity index (χ1v) is 9.06. The van der Waals surface area contributed by atoms with Crippen molar-refractivity contribution >= 4 is 24.2 Å². The molecule has 4 N–H and O–H groups in total. The molecule has 3 rings (SSSR count).